The van der Waals surface area contributed by atoms with Gasteiger partial charge >= 0.3 is 0 Å². The Bertz CT molecular complexity index is 352. The van der Waals surface area contributed by atoms with Crippen molar-refractivity contribution >= 4 is 23.0 Å². The first-order chi connectivity index (χ1) is 7.13. The van der Waals surface area contributed by atoms with Gasteiger partial charge in [-0.2, -0.15) is 0 Å². The first-order valence-corrected chi connectivity index (χ1v) is 5.35. The van der Waals surface area contributed by atoms with Gasteiger partial charge < -0.3 is 10.6 Å². The van der Waals surface area contributed by atoms with Crippen LogP contribution in [-0.4, -0.2) is 11.7 Å². The molecule has 2 nitrogen and oxygen atoms in total. The molecule has 0 aliphatic carbocycles. The molecule has 82 valence electrons. The molecule has 0 atom stereocenters. The highest BCUT2D eigenvalue weighted by Gasteiger charge is 2.00. The summed E-state index contributed by atoms with van der Waals surface area (Å²) in [6.07, 6.45) is 1.00. The molecule has 0 aliphatic rings. The Kier molecular flexibility index (Phi) is 4.49. The third kappa shape index (κ3) is 3.83. The van der Waals surface area contributed by atoms with Gasteiger partial charge in [0.15, 0.2) is 5.11 Å². The van der Waals surface area contributed by atoms with Crippen LogP contribution >= 0.6 is 12.2 Å². The lowest BCUT2D eigenvalue weighted by Gasteiger charge is -2.09. The Morgan fingerprint density at radius 3 is 2.80 bits per heavy atom. The summed E-state index contributed by atoms with van der Waals surface area (Å²) in [6.45, 7) is 4.61. The number of halogens is 1. The first kappa shape index (κ1) is 11.9. The minimum Gasteiger partial charge on any atom is -0.362 e. The van der Waals surface area contributed by atoms with E-state index in [0.29, 0.717) is 16.4 Å². The van der Waals surface area contributed by atoms with Gasteiger partial charge in [0, 0.05) is 12.2 Å². The van der Waals surface area contributed by atoms with Crippen molar-refractivity contribution in [1.29, 1.82) is 0 Å². The van der Waals surface area contributed by atoms with E-state index >= 15 is 0 Å². The molecule has 0 heterocycles. The fraction of sp³-hybridized carbons (Fsp3) is 0.364. The Hall–Kier alpha value is -1.16. The van der Waals surface area contributed by atoms with Crippen LogP contribution in [0.1, 0.15) is 18.9 Å². The number of hydrogen-bond donors (Lipinski definition) is 2. The molecule has 15 heavy (non-hydrogen) atoms. The number of benzene rings is 1. The molecule has 1 aromatic carbocycles. The second-order valence-electron chi connectivity index (χ2n) is 3.34. The maximum absolute atomic E-state index is 13.2. The van der Waals surface area contributed by atoms with Crippen LogP contribution in [-0.2, 0) is 0 Å². The van der Waals surface area contributed by atoms with Gasteiger partial charge in [0.25, 0.3) is 0 Å². The molecule has 0 aliphatic heterocycles. The third-order valence-electron chi connectivity index (χ3n) is 1.97. The van der Waals surface area contributed by atoms with E-state index in [1.165, 1.54) is 6.07 Å². The van der Waals surface area contributed by atoms with Crippen molar-refractivity contribution in [2.24, 2.45) is 0 Å². The Balaban J connectivity index is 2.57. The van der Waals surface area contributed by atoms with E-state index in [1.54, 1.807) is 19.1 Å². The van der Waals surface area contributed by atoms with E-state index in [-0.39, 0.29) is 5.82 Å². The zero-order valence-electron chi connectivity index (χ0n) is 8.93. The summed E-state index contributed by atoms with van der Waals surface area (Å²) in [7, 11) is 0. The molecule has 0 unspecified atom stereocenters. The van der Waals surface area contributed by atoms with Crippen LogP contribution in [0.5, 0.6) is 0 Å². The maximum atomic E-state index is 13.2. The molecule has 0 amide bonds. The minimum atomic E-state index is -0.224. The van der Waals surface area contributed by atoms with Crippen LogP contribution in [0.2, 0.25) is 0 Å². The van der Waals surface area contributed by atoms with Gasteiger partial charge in [0.2, 0.25) is 0 Å². The molecular weight excluding hydrogens is 211 g/mol. The minimum absolute atomic E-state index is 0.224. The fourth-order valence-electron chi connectivity index (χ4n) is 1.08. The van der Waals surface area contributed by atoms with Crippen LogP contribution in [0.4, 0.5) is 10.1 Å². The van der Waals surface area contributed by atoms with Crippen molar-refractivity contribution in [3.05, 3.63) is 29.6 Å². The molecule has 4 heteroatoms. The predicted molar refractivity (Wildman–Crippen MR) is 65.7 cm³/mol. The van der Waals surface area contributed by atoms with E-state index in [9.17, 15) is 4.39 Å². The maximum Gasteiger partial charge on any atom is 0.170 e. The molecule has 0 saturated heterocycles. The summed E-state index contributed by atoms with van der Waals surface area (Å²) in [5, 5.41) is 6.47. The van der Waals surface area contributed by atoms with Crippen LogP contribution in [0.15, 0.2) is 18.2 Å². The third-order valence-corrected chi connectivity index (χ3v) is 2.21. The van der Waals surface area contributed by atoms with Crippen molar-refractivity contribution in [2.75, 3.05) is 11.9 Å². The lowest BCUT2D eigenvalue weighted by molar-refractivity contribution is 0.619. The number of nitrogens with one attached hydrogen (secondary N) is 2. The van der Waals surface area contributed by atoms with Gasteiger partial charge in [-0.1, -0.05) is 13.0 Å². The lowest BCUT2D eigenvalue weighted by atomic mass is 10.2. The molecule has 0 fully saturated rings. The normalized spacial score (nSPS) is 9.80. The standard InChI is InChI=1S/C11H15FN2S/c1-3-6-13-11(15)14-9-5-4-8(2)10(12)7-9/h4-5,7H,3,6H2,1-2H3,(H2,13,14,15). The highest BCUT2D eigenvalue weighted by Crippen LogP contribution is 2.13. The average molecular weight is 226 g/mol. The van der Waals surface area contributed by atoms with Crippen molar-refractivity contribution in [3.63, 3.8) is 0 Å². The van der Waals surface area contributed by atoms with Gasteiger partial charge in [0.1, 0.15) is 5.82 Å². The van der Waals surface area contributed by atoms with Crippen LogP contribution in [0, 0.1) is 12.7 Å². The van der Waals surface area contributed by atoms with Crippen molar-refractivity contribution in [1.82, 2.24) is 5.32 Å². The average Bonchev–Trinajstić information content (AvgIpc) is 2.20. The molecule has 0 aromatic heterocycles. The molecule has 0 radical (unpaired) electrons. The Labute approximate surface area is 94.9 Å². The lowest BCUT2D eigenvalue weighted by Crippen LogP contribution is -2.28. The summed E-state index contributed by atoms with van der Waals surface area (Å²) in [5.74, 6) is -0.224. The highest BCUT2D eigenvalue weighted by molar-refractivity contribution is 7.80. The van der Waals surface area contributed by atoms with Gasteiger partial charge in [-0.25, -0.2) is 4.39 Å². The van der Waals surface area contributed by atoms with E-state index in [4.69, 9.17) is 12.2 Å². The molecule has 1 rings (SSSR count). The fourth-order valence-corrected chi connectivity index (χ4v) is 1.30. The van der Waals surface area contributed by atoms with Crippen LogP contribution < -0.4 is 10.6 Å². The largest absolute Gasteiger partial charge is 0.362 e. The van der Waals surface area contributed by atoms with E-state index < -0.39 is 0 Å². The van der Waals surface area contributed by atoms with Crippen molar-refractivity contribution in [2.45, 2.75) is 20.3 Å². The SMILES string of the molecule is CCCNC(=S)Nc1ccc(C)c(F)c1. The quantitative estimate of drug-likeness (QED) is 0.775. The van der Waals surface area contributed by atoms with Crippen molar-refractivity contribution in [3.8, 4) is 0 Å². The van der Waals surface area contributed by atoms with Crippen molar-refractivity contribution < 1.29 is 4.39 Å². The molecule has 0 bridgehead atoms. The monoisotopic (exact) mass is 226 g/mol. The Morgan fingerprint density at radius 2 is 2.20 bits per heavy atom. The molecular formula is C11H15FN2S. The second-order valence-corrected chi connectivity index (χ2v) is 3.75. The molecule has 1 aromatic rings. The van der Waals surface area contributed by atoms with E-state index in [0.717, 1.165) is 13.0 Å². The number of rotatable bonds is 3. The summed E-state index contributed by atoms with van der Waals surface area (Å²) in [5.41, 5.74) is 1.31. The summed E-state index contributed by atoms with van der Waals surface area (Å²) in [6, 6.07) is 4.97. The molecule has 0 saturated carbocycles. The van der Waals surface area contributed by atoms with Gasteiger partial charge in [0.05, 0.1) is 0 Å². The van der Waals surface area contributed by atoms with Crippen LogP contribution in [0.25, 0.3) is 0 Å². The second kappa shape index (κ2) is 5.66. The number of thiocarbonyl (C=S) groups is 1. The smallest absolute Gasteiger partial charge is 0.170 e. The zero-order chi connectivity index (χ0) is 11.3. The summed E-state index contributed by atoms with van der Waals surface area (Å²) >= 11 is 5.03. The molecule has 0 spiro atoms. The first-order valence-electron chi connectivity index (χ1n) is 4.94. The Morgan fingerprint density at radius 1 is 1.47 bits per heavy atom. The highest BCUT2D eigenvalue weighted by atomic mass is 32.1. The zero-order valence-corrected chi connectivity index (χ0v) is 9.75. The number of aryl methyl sites for hydroxylation is 1. The predicted octanol–water partition coefficient (Wildman–Crippen LogP) is 2.83. The van der Waals surface area contributed by atoms with Gasteiger partial charge in [-0.15, -0.1) is 0 Å². The summed E-state index contributed by atoms with van der Waals surface area (Å²) < 4.78 is 13.2. The van der Waals surface area contributed by atoms with E-state index in [1.807, 2.05) is 0 Å². The van der Waals surface area contributed by atoms with Gasteiger partial charge in [-0.05, 0) is 43.3 Å². The molecule has 2 N–H and O–H groups in total. The summed E-state index contributed by atoms with van der Waals surface area (Å²) in [4.78, 5) is 0. The topological polar surface area (TPSA) is 24.1 Å². The van der Waals surface area contributed by atoms with Crippen LogP contribution in [0.3, 0.4) is 0 Å². The van der Waals surface area contributed by atoms with E-state index in [2.05, 4.69) is 17.6 Å². The number of hydrogen-bond acceptors (Lipinski definition) is 1. The number of anilines is 1. The van der Waals surface area contributed by atoms with Gasteiger partial charge in [-0.3, -0.25) is 0 Å².